The fourth-order valence-electron chi connectivity index (χ4n) is 3.23. The van der Waals surface area contributed by atoms with Crippen LogP contribution in [-0.4, -0.2) is 34.2 Å². The third-order valence-corrected chi connectivity index (χ3v) is 4.33. The number of furan rings is 1. The quantitative estimate of drug-likeness (QED) is 0.879. The highest BCUT2D eigenvalue weighted by atomic mass is 16.4. The Morgan fingerprint density at radius 1 is 1.38 bits per heavy atom. The summed E-state index contributed by atoms with van der Waals surface area (Å²) in [6.45, 7) is 4.54. The third kappa shape index (κ3) is 3.01. The Kier molecular flexibility index (Phi) is 4.36. The van der Waals surface area contributed by atoms with E-state index in [0.29, 0.717) is 36.0 Å². The minimum Gasteiger partial charge on any atom is -0.459 e. The Balaban J connectivity index is 1.69. The van der Waals surface area contributed by atoms with E-state index in [9.17, 15) is 0 Å². The summed E-state index contributed by atoms with van der Waals surface area (Å²) in [5.41, 5.74) is 5.89. The Bertz CT molecular complexity index is 552. The summed E-state index contributed by atoms with van der Waals surface area (Å²) in [5.74, 6) is 2.26. The highest BCUT2D eigenvalue weighted by molar-refractivity contribution is 5.42. The molecule has 1 fully saturated rings. The summed E-state index contributed by atoms with van der Waals surface area (Å²) in [5, 5.41) is 8.18. The predicted octanol–water partition coefficient (Wildman–Crippen LogP) is 2.28. The van der Waals surface area contributed by atoms with Crippen molar-refractivity contribution in [3.63, 3.8) is 0 Å². The molecule has 2 unspecified atom stereocenters. The molecule has 0 bridgehead atoms. The van der Waals surface area contributed by atoms with Gasteiger partial charge in [0, 0.05) is 6.04 Å². The van der Waals surface area contributed by atoms with Crippen LogP contribution in [0.4, 0.5) is 0 Å². The number of hydrogen-bond acceptors (Lipinski definition) is 6. The van der Waals surface area contributed by atoms with E-state index in [1.54, 1.807) is 6.26 Å². The minimum absolute atomic E-state index is 0.438. The Labute approximate surface area is 124 Å². The molecule has 2 aromatic heterocycles. The molecule has 1 aliphatic rings. The largest absolute Gasteiger partial charge is 0.459 e. The van der Waals surface area contributed by atoms with Crippen LogP contribution in [0.25, 0.3) is 11.7 Å². The zero-order valence-electron chi connectivity index (χ0n) is 12.4. The van der Waals surface area contributed by atoms with Gasteiger partial charge in [0.05, 0.1) is 12.8 Å². The summed E-state index contributed by atoms with van der Waals surface area (Å²) in [6, 6.07) is 4.15. The van der Waals surface area contributed by atoms with Crippen molar-refractivity contribution in [3.8, 4) is 11.7 Å². The molecule has 0 spiro atoms. The van der Waals surface area contributed by atoms with Gasteiger partial charge in [0.1, 0.15) is 0 Å². The first kappa shape index (κ1) is 14.3. The fourth-order valence-corrected chi connectivity index (χ4v) is 3.23. The van der Waals surface area contributed by atoms with Crippen molar-refractivity contribution in [3.05, 3.63) is 24.3 Å². The van der Waals surface area contributed by atoms with Gasteiger partial charge in [-0.05, 0) is 44.0 Å². The smallest absolute Gasteiger partial charge is 0.283 e. The van der Waals surface area contributed by atoms with Gasteiger partial charge >= 0.3 is 0 Å². The van der Waals surface area contributed by atoms with Crippen LogP contribution in [0.1, 0.15) is 32.1 Å². The average molecular weight is 290 g/mol. The lowest BCUT2D eigenvalue weighted by Gasteiger charge is -2.30. The zero-order chi connectivity index (χ0) is 14.7. The summed E-state index contributed by atoms with van der Waals surface area (Å²) in [7, 11) is 0. The third-order valence-electron chi connectivity index (χ3n) is 4.33. The van der Waals surface area contributed by atoms with E-state index in [2.05, 4.69) is 22.0 Å². The van der Waals surface area contributed by atoms with Crippen LogP contribution in [0.2, 0.25) is 0 Å². The second-order valence-electron chi connectivity index (χ2n) is 5.54. The van der Waals surface area contributed by atoms with Gasteiger partial charge in [0.2, 0.25) is 5.89 Å². The lowest BCUT2D eigenvalue weighted by molar-refractivity contribution is 0.148. The summed E-state index contributed by atoms with van der Waals surface area (Å²) in [4.78, 5) is 2.39. The van der Waals surface area contributed by atoms with Crippen LogP contribution in [0, 0.1) is 5.92 Å². The van der Waals surface area contributed by atoms with Crippen molar-refractivity contribution in [2.75, 3.05) is 13.1 Å². The van der Waals surface area contributed by atoms with Gasteiger partial charge in [-0.1, -0.05) is 13.3 Å². The number of nitrogens with two attached hydrogens (primary N) is 1. The lowest BCUT2D eigenvalue weighted by atomic mass is 10.0. The maximum absolute atomic E-state index is 5.89. The van der Waals surface area contributed by atoms with Crippen LogP contribution in [-0.2, 0) is 6.54 Å². The monoisotopic (exact) mass is 290 g/mol. The van der Waals surface area contributed by atoms with Gasteiger partial charge in [0.15, 0.2) is 5.76 Å². The van der Waals surface area contributed by atoms with E-state index < -0.39 is 0 Å². The van der Waals surface area contributed by atoms with E-state index in [1.165, 1.54) is 19.3 Å². The van der Waals surface area contributed by atoms with Crippen LogP contribution in [0.5, 0.6) is 0 Å². The number of aromatic nitrogens is 2. The van der Waals surface area contributed by atoms with Gasteiger partial charge < -0.3 is 14.6 Å². The van der Waals surface area contributed by atoms with Crippen molar-refractivity contribution in [2.45, 2.75) is 38.8 Å². The Hall–Kier alpha value is -1.66. The molecule has 6 heteroatoms. The first-order valence-electron chi connectivity index (χ1n) is 7.62. The molecule has 0 radical (unpaired) electrons. The molecular weight excluding hydrogens is 268 g/mol. The molecular formula is C15H22N4O2. The first-order valence-corrected chi connectivity index (χ1v) is 7.62. The summed E-state index contributed by atoms with van der Waals surface area (Å²) in [6.07, 6.45) is 5.28. The molecule has 0 aromatic carbocycles. The molecule has 0 saturated heterocycles. The van der Waals surface area contributed by atoms with Crippen LogP contribution >= 0.6 is 0 Å². The normalized spacial score (nSPS) is 22.2. The molecule has 1 aliphatic carbocycles. The molecule has 2 N–H and O–H groups in total. The molecule has 0 aliphatic heterocycles. The van der Waals surface area contributed by atoms with Crippen molar-refractivity contribution >= 4 is 0 Å². The van der Waals surface area contributed by atoms with Crippen molar-refractivity contribution in [1.29, 1.82) is 0 Å². The van der Waals surface area contributed by atoms with E-state index in [1.807, 2.05) is 12.1 Å². The SMILES string of the molecule is CCN(Cc1nnc(-c2ccco2)o1)C1CCCC1CN. The minimum atomic E-state index is 0.438. The highest BCUT2D eigenvalue weighted by Crippen LogP contribution is 2.30. The summed E-state index contributed by atoms with van der Waals surface area (Å²) < 4.78 is 11.0. The second kappa shape index (κ2) is 6.41. The Morgan fingerprint density at radius 2 is 2.29 bits per heavy atom. The molecule has 1 saturated carbocycles. The predicted molar refractivity (Wildman–Crippen MR) is 78.3 cm³/mol. The molecule has 0 amide bonds. The van der Waals surface area contributed by atoms with Gasteiger partial charge in [-0.15, -0.1) is 10.2 Å². The first-order chi connectivity index (χ1) is 10.3. The van der Waals surface area contributed by atoms with E-state index in [-0.39, 0.29) is 0 Å². The average Bonchev–Trinajstić information content (AvgIpc) is 3.23. The van der Waals surface area contributed by atoms with Gasteiger partial charge in [-0.3, -0.25) is 4.90 Å². The lowest BCUT2D eigenvalue weighted by Crippen LogP contribution is -2.39. The van der Waals surface area contributed by atoms with Crippen molar-refractivity contribution in [2.24, 2.45) is 11.7 Å². The fraction of sp³-hybridized carbons (Fsp3) is 0.600. The molecule has 114 valence electrons. The second-order valence-corrected chi connectivity index (χ2v) is 5.54. The van der Waals surface area contributed by atoms with E-state index in [4.69, 9.17) is 14.6 Å². The molecule has 2 aromatic rings. The number of nitrogens with zero attached hydrogens (tertiary/aromatic N) is 3. The van der Waals surface area contributed by atoms with E-state index in [0.717, 1.165) is 13.1 Å². The zero-order valence-corrected chi connectivity index (χ0v) is 12.4. The maximum Gasteiger partial charge on any atom is 0.283 e. The van der Waals surface area contributed by atoms with Crippen LogP contribution < -0.4 is 5.73 Å². The number of rotatable bonds is 6. The molecule has 2 heterocycles. The van der Waals surface area contributed by atoms with E-state index >= 15 is 0 Å². The van der Waals surface area contributed by atoms with Crippen molar-refractivity contribution < 1.29 is 8.83 Å². The van der Waals surface area contributed by atoms with Crippen LogP contribution in [0.3, 0.4) is 0 Å². The van der Waals surface area contributed by atoms with Gasteiger partial charge in [-0.25, -0.2) is 0 Å². The maximum atomic E-state index is 5.89. The molecule has 6 nitrogen and oxygen atoms in total. The summed E-state index contributed by atoms with van der Waals surface area (Å²) >= 11 is 0. The highest BCUT2D eigenvalue weighted by Gasteiger charge is 2.31. The van der Waals surface area contributed by atoms with Gasteiger partial charge in [-0.2, -0.15) is 0 Å². The van der Waals surface area contributed by atoms with Crippen LogP contribution in [0.15, 0.2) is 27.2 Å². The van der Waals surface area contributed by atoms with Gasteiger partial charge in [0.25, 0.3) is 5.89 Å². The molecule has 21 heavy (non-hydrogen) atoms. The van der Waals surface area contributed by atoms with Crippen molar-refractivity contribution in [1.82, 2.24) is 15.1 Å². The topological polar surface area (TPSA) is 81.3 Å². The Morgan fingerprint density at radius 3 is 3.00 bits per heavy atom. The molecule has 2 atom stereocenters. The standard InChI is InChI=1S/C15H22N4O2/c1-2-19(12-6-3-5-11(12)9-16)10-14-17-18-15(21-14)13-7-4-8-20-13/h4,7-8,11-12H,2-3,5-6,9-10,16H2,1H3. The number of hydrogen-bond donors (Lipinski definition) is 1. The molecule has 3 rings (SSSR count).